The quantitative estimate of drug-likeness (QED) is 0.860. The van der Waals surface area contributed by atoms with Crippen LogP contribution in [0, 0.1) is 5.92 Å². The number of piperidine rings is 1. The Kier molecular flexibility index (Phi) is 5.02. The average molecular weight is 385 g/mol. The fourth-order valence-corrected chi connectivity index (χ4v) is 4.41. The van der Waals surface area contributed by atoms with Crippen LogP contribution in [0.15, 0.2) is 39.5 Å². The van der Waals surface area contributed by atoms with Crippen molar-refractivity contribution < 1.29 is 19.1 Å². The van der Waals surface area contributed by atoms with Crippen LogP contribution in [0.4, 0.5) is 0 Å². The van der Waals surface area contributed by atoms with Gasteiger partial charge in [-0.15, -0.1) is 0 Å². The number of ether oxygens (including phenoxy) is 1. The molecular weight excluding hydrogens is 358 g/mol. The van der Waals surface area contributed by atoms with Crippen LogP contribution >= 0.6 is 0 Å². The van der Waals surface area contributed by atoms with Gasteiger partial charge >= 0.3 is 0 Å². The second-order valence-electron chi connectivity index (χ2n) is 8.44. The molecule has 0 aliphatic carbocycles. The monoisotopic (exact) mass is 385 g/mol. The van der Waals surface area contributed by atoms with Crippen LogP contribution in [0.1, 0.15) is 50.1 Å². The molecule has 1 amide bonds. The first-order valence-electron chi connectivity index (χ1n) is 10.0. The largest absolute Gasteiger partial charge is 0.451 e. The highest BCUT2D eigenvalue weighted by molar-refractivity contribution is 5.93. The number of nitrogens with zero attached hydrogens (tertiary/aromatic N) is 1. The minimum atomic E-state index is -0.367. The molecule has 1 aromatic heterocycles. The molecule has 28 heavy (non-hydrogen) atoms. The van der Waals surface area contributed by atoms with Crippen LogP contribution in [0.25, 0.3) is 11.0 Å². The Labute approximate surface area is 164 Å². The summed E-state index contributed by atoms with van der Waals surface area (Å²) in [6, 6.07) is 8.22. The van der Waals surface area contributed by atoms with Crippen molar-refractivity contribution in [2.24, 2.45) is 5.92 Å². The predicted octanol–water partition coefficient (Wildman–Crippen LogP) is 2.96. The number of likely N-dealkylation sites (tertiary alicyclic amines) is 1. The minimum Gasteiger partial charge on any atom is -0.451 e. The zero-order valence-corrected chi connectivity index (χ0v) is 16.4. The van der Waals surface area contributed by atoms with Gasteiger partial charge in [-0.05, 0) is 37.3 Å². The molecule has 2 fully saturated rings. The van der Waals surface area contributed by atoms with Gasteiger partial charge in [0.15, 0.2) is 11.2 Å². The molecule has 2 atom stereocenters. The molecular formula is C22H27NO5. The zero-order valence-electron chi connectivity index (χ0n) is 16.4. The maximum atomic E-state index is 12.9. The van der Waals surface area contributed by atoms with Gasteiger partial charge in [0, 0.05) is 25.6 Å². The Balaban J connectivity index is 1.49. The number of hydrogen-bond donors (Lipinski definition) is 1. The number of fused-ring (bicyclic) bond motifs is 1. The SMILES string of the molecule is CC(C)[C@H]1C[C@@H](O)CC2(CCN(C(=O)c3cc(=O)c4ccccc4o3)CC2)O1. The van der Waals surface area contributed by atoms with Crippen molar-refractivity contribution >= 4 is 16.9 Å². The Hall–Kier alpha value is -2.18. The number of para-hydroxylation sites is 1. The number of amides is 1. The van der Waals surface area contributed by atoms with E-state index in [1.165, 1.54) is 6.07 Å². The summed E-state index contributed by atoms with van der Waals surface area (Å²) in [6.45, 7) is 5.26. The first-order chi connectivity index (χ1) is 13.4. The Morgan fingerprint density at radius 3 is 2.68 bits per heavy atom. The van der Waals surface area contributed by atoms with E-state index in [4.69, 9.17) is 9.15 Å². The highest BCUT2D eigenvalue weighted by Crippen LogP contribution is 2.39. The second kappa shape index (κ2) is 7.33. The number of rotatable bonds is 2. The van der Waals surface area contributed by atoms with Crippen LogP contribution in [0.3, 0.4) is 0 Å². The van der Waals surface area contributed by atoms with Gasteiger partial charge in [-0.3, -0.25) is 9.59 Å². The van der Waals surface area contributed by atoms with Crippen LogP contribution in [-0.4, -0.2) is 46.8 Å². The fourth-order valence-electron chi connectivity index (χ4n) is 4.41. The molecule has 2 saturated heterocycles. The van der Waals surface area contributed by atoms with Crippen molar-refractivity contribution in [3.05, 3.63) is 46.3 Å². The Bertz CT molecular complexity index is 926. The number of carbonyl (C=O) groups is 1. The zero-order chi connectivity index (χ0) is 19.9. The molecule has 150 valence electrons. The number of hydrogen-bond acceptors (Lipinski definition) is 5. The number of carbonyl (C=O) groups excluding carboxylic acids is 1. The third-order valence-corrected chi connectivity index (χ3v) is 6.06. The van der Waals surface area contributed by atoms with Crippen molar-refractivity contribution in [2.75, 3.05) is 13.1 Å². The summed E-state index contributed by atoms with van der Waals surface area (Å²) >= 11 is 0. The Morgan fingerprint density at radius 2 is 1.96 bits per heavy atom. The molecule has 2 aromatic rings. The lowest BCUT2D eigenvalue weighted by Gasteiger charge is -2.48. The molecule has 2 aliphatic heterocycles. The van der Waals surface area contributed by atoms with Crippen molar-refractivity contribution in [1.82, 2.24) is 4.90 Å². The van der Waals surface area contributed by atoms with E-state index in [2.05, 4.69) is 13.8 Å². The molecule has 1 spiro atoms. The standard InChI is InChI=1S/C22H27NO5/c1-14(2)19-11-15(24)13-22(28-19)7-9-23(10-8-22)21(26)20-12-17(25)16-5-3-4-6-18(16)27-20/h3-6,12,14-15,19,24H,7-11,13H2,1-2H3/t15-,19-/m1/s1. The molecule has 4 rings (SSSR count). The van der Waals surface area contributed by atoms with Gasteiger partial charge in [-0.1, -0.05) is 26.0 Å². The number of aliphatic hydroxyl groups is 1. The highest BCUT2D eigenvalue weighted by atomic mass is 16.5. The van der Waals surface area contributed by atoms with Crippen LogP contribution in [-0.2, 0) is 4.74 Å². The molecule has 1 aromatic carbocycles. The van der Waals surface area contributed by atoms with Crippen LogP contribution in [0.5, 0.6) is 0 Å². The summed E-state index contributed by atoms with van der Waals surface area (Å²) in [4.78, 5) is 26.9. The van der Waals surface area contributed by atoms with E-state index in [1.807, 2.05) is 0 Å². The van der Waals surface area contributed by atoms with Crippen LogP contribution in [0.2, 0.25) is 0 Å². The molecule has 0 bridgehead atoms. The van der Waals surface area contributed by atoms with E-state index < -0.39 is 0 Å². The maximum absolute atomic E-state index is 12.9. The van der Waals surface area contributed by atoms with Gasteiger partial charge in [0.1, 0.15) is 5.58 Å². The van der Waals surface area contributed by atoms with E-state index in [9.17, 15) is 14.7 Å². The minimum absolute atomic E-state index is 0.0458. The van der Waals surface area contributed by atoms with Gasteiger partial charge in [-0.2, -0.15) is 0 Å². The summed E-state index contributed by atoms with van der Waals surface area (Å²) in [7, 11) is 0. The smallest absolute Gasteiger partial charge is 0.289 e. The summed E-state index contributed by atoms with van der Waals surface area (Å²) in [5.41, 5.74) is -0.157. The highest BCUT2D eigenvalue weighted by Gasteiger charge is 2.44. The molecule has 1 N–H and O–H groups in total. The number of aliphatic hydroxyl groups excluding tert-OH is 1. The van der Waals surface area contributed by atoms with Crippen molar-refractivity contribution in [3.63, 3.8) is 0 Å². The third-order valence-electron chi connectivity index (χ3n) is 6.06. The van der Waals surface area contributed by atoms with Gasteiger partial charge in [0.05, 0.1) is 23.2 Å². The molecule has 6 heteroatoms. The first kappa shape index (κ1) is 19.2. The molecule has 0 saturated carbocycles. The average Bonchev–Trinajstić information content (AvgIpc) is 2.67. The summed E-state index contributed by atoms with van der Waals surface area (Å²) in [6.07, 6.45) is 2.33. The lowest BCUT2D eigenvalue weighted by Crippen LogP contribution is -2.54. The van der Waals surface area contributed by atoms with Gasteiger partial charge in [0.2, 0.25) is 0 Å². The van der Waals surface area contributed by atoms with Crippen LogP contribution < -0.4 is 5.43 Å². The third kappa shape index (κ3) is 3.59. The predicted molar refractivity (Wildman–Crippen MR) is 105 cm³/mol. The van der Waals surface area contributed by atoms with Crippen molar-refractivity contribution in [1.29, 1.82) is 0 Å². The normalized spacial score (nSPS) is 24.8. The van der Waals surface area contributed by atoms with E-state index in [1.54, 1.807) is 29.2 Å². The van der Waals surface area contributed by atoms with E-state index in [0.717, 1.165) is 0 Å². The molecule has 0 radical (unpaired) electrons. The Morgan fingerprint density at radius 1 is 1.25 bits per heavy atom. The topological polar surface area (TPSA) is 80.0 Å². The molecule has 6 nitrogen and oxygen atoms in total. The first-order valence-corrected chi connectivity index (χ1v) is 10.0. The second-order valence-corrected chi connectivity index (χ2v) is 8.44. The van der Waals surface area contributed by atoms with Gasteiger partial charge < -0.3 is 19.2 Å². The van der Waals surface area contributed by atoms with E-state index in [0.29, 0.717) is 55.7 Å². The lowest BCUT2D eigenvalue weighted by molar-refractivity contribution is -0.190. The van der Waals surface area contributed by atoms with Crippen molar-refractivity contribution in [2.45, 2.75) is 57.3 Å². The maximum Gasteiger partial charge on any atom is 0.289 e. The van der Waals surface area contributed by atoms with Gasteiger partial charge in [-0.25, -0.2) is 0 Å². The fraction of sp³-hybridized carbons (Fsp3) is 0.545. The van der Waals surface area contributed by atoms with E-state index in [-0.39, 0.29) is 34.9 Å². The molecule has 0 unspecified atom stereocenters. The summed E-state index contributed by atoms with van der Waals surface area (Å²) in [5.74, 6) is 0.150. The summed E-state index contributed by atoms with van der Waals surface area (Å²) in [5, 5.41) is 10.8. The van der Waals surface area contributed by atoms with E-state index >= 15 is 0 Å². The van der Waals surface area contributed by atoms with Crippen molar-refractivity contribution in [3.8, 4) is 0 Å². The summed E-state index contributed by atoms with van der Waals surface area (Å²) < 4.78 is 12.1. The molecule has 2 aliphatic rings. The van der Waals surface area contributed by atoms with Gasteiger partial charge in [0.25, 0.3) is 5.91 Å². The lowest BCUT2D eigenvalue weighted by atomic mass is 9.80. The molecule has 3 heterocycles. The number of benzene rings is 1.